The van der Waals surface area contributed by atoms with Gasteiger partial charge in [-0.1, -0.05) is 11.6 Å². The van der Waals surface area contributed by atoms with Crippen LogP contribution in [0.3, 0.4) is 0 Å². The van der Waals surface area contributed by atoms with E-state index in [0.29, 0.717) is 19.4 Å². The number of carbonyl (C=O) groups is 2. The van der Waals surface area contributed by atoms with E-state index in [1.54, 1.807) is 4.90 Å². The molecule has 1 aliphatic rings. The van der Waals surface area contributed by atoms with Gasteiger partial charge in [0.05, 0.1) is 22.2 Å². The molecule has 0 aliphatic carbocycles. The van der Waals surface area contributed by atoms with Crippen molar-refractivity contribution in [3.63, 3.8) is 0 Å². The number of nitrogens with zero attached hydrogens (tertiary/aromatic N) is 1. The molecule has 1 amide bonds. The molecule has 1 heterocycles. The number of benzene rings is 1. The van der Waals surface area contributed by atoms with E-state index in [9.17, 15) is 18.0 Å². The average molecular weight is 397 g/mol. The highest BCUT2D eigenvalue weighted by atomic mass is 35.5. The minimum absolute atomic E-state index is 0. The predicted molar refractivity (Wildman–Crippen MR) is 92.7 cm³/mol. The number of halogens is 2. The van der Waals surface area contributed by atoms with Gasteiger partial charge in [-0.05, 0) is 37.6 Å². The smallest absolute Gasteiger partial charge is 0.320 e. The molecule has 1 aromatic carbocycles. The summed E-state index contributed by atoms with van der Waals surface area (Å²) < 4.78 is 23.1. The summed E-state index contributed by atoms with van der Waals surface area (Å²) in [5.41, 5.74) is 0.186. The van der Waals surface area contributed by atoms with Crippen LogP contribution in [0.15, 0.2) is 23.1 Å². The second-order valence-electron chi connectivity index (χ2n) is 5.43. The molecule has 1 saturated heterocycles. The van der Waals surface area contributed by atoms with E-state index in [2.05, 4.69) is 5.32 Å². The van der Waals surface area contributed by atoms with Crippen molar-refractivity contribution in [1.82, 2.24) is 4.90 Å². The average Bonchev–Trinajstić information content (AvgIpc) is 2.88. The van der Waals surface area contributed by atoms with Gasteiger partial charge in [0, 0.05) is 6.26 Å². The van der Waals surface area contributed by atoms with E-state index in [-0.39, 0.29) is 34.6 Å². The Morgan fingerprint density at radius 1 is 1.42 bits per heavy atom. The van der Waals surface area contributed by atoms with E-state index in [1.165, 1.54) is 18.2 Å². The third-order valence-corrected chi connectivity index (χ3v) is 5.08. The van der Waals surface area contributed by atoms with Crippen molar-refractivity contribution in [3.05, 3.63) is 23.2 Å². The van der Waals surface area contributed by atoms with Gasteiger partial charge in [-0.3, -0.25) is 14.5 Å². The number of aliphatic carboxylic acids is 1. The lowest BCUT2D eigenvalue weighted by atomic mass is 10.2. The Bertz CT molecular complexity index is 739. The number of hydrogen-bond donors (Lipinski definition) is 2. The first kappa shape index (κ1) is 20.7. The Morgan fingerprint density at radius 3 is 2.67 bits per heavy atom. The highest BCUT2D eigenvalue weighted by Crippen LogP contribution is 2.25. The van der Waals surface area contributed by atoms with Crippen LogP contribution in [0, 0.1) is 0 Å². The molecule has 1 atom stereocenters. The van der Waals surface area contributed by atoms with E-state index >= 15 is 0 Å². The van der Waals surface area contributed by atoms with Crippen molar-refractivity contribution < 1.29 is 23.1 Å². The van der Waals surface area contributed by atoms with Gasteiger partial charge in [-0.15, -0.1) is 12.4 Å². The van der Waals surface area contributed by atoms with E-state index < -0.39 is 27.8 Å². The van der Waals surface area contributed by atoms with Gasteiger partial charge in [-0.2, -0.15) is 0 Å². The van der Waals surface area contributed by atoms with Gasteiger partial charge in [-0.25, -0.2) is 8.42 Å². The van der Waals surface area contributed by atoms with E-state index in [4.69, 9.17) is 16.7 Å². The molecule has 0 bridgehead atoms. The third-order valence-electron chi connectivity index (χ3n) is 3.64. The van der Waals surface area contributed by atoms with Crippen LogP contribution in [0.25, 0.3) is 0 Å². The predicted octanol–water partition coefficient (Wildman–Crippen LogP) is 1.65. The SMILES string of the molecule is CS(=O)(=O)c1ccc(Cl)c(NC(=O)CN2CCC[C@H]2C(=O)O)c1.Cl. The molecule has 0 aromatic heterocycles. The fraction of sp³-hybridized carbons (Fsp3) is 0.429. The summed E-state index contributed by atoms with van der Waals surface area (Å²) in [7, 11) is -3.42. The molecule has 1 fully saturated rings. The zero-order valence-electron chi connectivity index (χ0n) is 12.9. The number of amides is 1. The molecule has 0 saturated carbocycles. The molecule has 1 aromatic rings. The number of hydrogen-bond acceptors (Lipinski definition) is 5. The van der Waals surface area contributed by atoms with Gasteiger partial charge in [0.15, 0.2) is 9.84 Å². The highest BCUT2D eigenvalue weighted by molar-refractivity contribution is 7.90. The summed E-state index contributed by atoms with van der Waals surface area (Å²) in [4.78, 5) is 24.8. The second kappa shape index (κ2) is 8.15. The fourth-order valence-electron chi connectivity index (χ4n) is 2.50. The Kier molecular flexibility index (Phi) is 7.03. The molecule has 7 nitrogen and oxygen atoms in total. The van der Waals surface area contributed by atoms with Crippen LogP contribution in [-0.2, 0) is 19.4 Å². The van der Waals surface area contributed by atoms with Gasteiger partial charge in [0.25, 0.3) is 0 Å². The quantitative estimate of drug-likeness (QED) is 0.783. The van der Waals surface area contributed by atoms with Crippen LogP contribution in [0.2, 0.25) is 5.02 Å². The van der Waals surface area contributed by atoms with Crippen molar-refractivity contribution in [3.8, 4) is 0 Å². The fourth-order valence-corrected chi connectivity index (χ4v) is 3.31. The zero-order chi connectivity index (χ0) is 17.2. The highest BCUT2D eigenvalue weighted by Gasteiger charge is 2.31. The largest absolute Gasteiger partial charge is 0.480 e. The minimum atomic E-state index is -3.42. The lowest BCUT2D eigenvalue weighted by molar-refractivity contribution is -0.142. The molecule has 0 unspecified atom stereocenters. The number of carbonyl (C=O) groups excluding carboxylic acids is 1. The molecule has 0 spiro atoms. The van der Waals surface area contributed by atoms with Crippen LogP contribution in [0.5, 0.6) is 0 Å². The number of sulfone groups is 1. The standard InChI is InChI=1S/C14H17ClN2O5S.ClH/c1-23(21,22)9-4-5-10(15)11(7-9)16-13(18)8-17-6-2-3-12(17)14(19)20;/h4-5,7,12H,2-3,6,8H2,1H3,(H,16,18)(H,19,20);1H/t12-;/m0./s1. The third kappa shape index (κ3) is 5.07. The molecular weight excluding hydrogens is 379 g/mol. The van der Waals surface area contributed by atoms with Gasteiger partial charge < -0.3 is 10.4 Å². The maximum atomic E-state index is 12.1. The van der Waals surface area contributed by atoms with Gasteiger partial charge in [0.2, 0.25) is 5.91 Å². The Labute approximate surface area is 151 Å². The van der Waals surface area contributed by atoms with Crippen LogP contribution in [0.1, 0.15) is 12.8 Å². The Hall–Kier alpha value is -1.35. The molecule has 24 heavy (non-hydrogen) atoms. The van der Waals surface area contributed by atoms with Crippen molar-refractivity contribution in [2.24, 2.45) is 0 Å². The van der Waals surface area contributed by atoms with Crippen molar-refractivity contribution >= 4 is 51.4 Å². The van der Waals surface area contributed by atoms with Crippen LogP contribution in [-0.4, -0.2) is 55.7 Å². The summed E-state index contributed by atoms with van der Waals surface area (Å²) in [5, 5.41) is 11.8. The van der Waals surface area contributed by atoms with E-state index in [1.807, 2.05) is 0 Å². The Morgan fingerprint density at radius 2 is 2.08 bits per heavy atom. The normalized spacial score (nSPS) is 18.0. The number of nitrogens with one attached hydrogen (secondary N) is 1. The molecular formula is C14H18Cl2N2O5S. The number of likely N-dealkylation sites (tertiary alicyclic amines) is 1. The van der Waals surface area contributed by atoms with Crippen molar-refractivity contribution in [2.75, 3.05) is 24.7 Å². The van der Waals surface area contributed by atoms with Crippen molar-refractivity contribution in [2.45, 2.75) is 23.8 Å². The number of carboxylic acid groups (broad SMARTS) is 1. The summed E-state index contributed by atoms with van der Waals surface area (Å²) in [6, 6.07) is 3.37. The molecule has 134 valence electrons. The molecule has 0 radical (unpaired) electrons. The number of anilines is 1. The first-order chi connectivity index (χ1) is 10.7. The first-order valence-electron chi connectivity index (χ1n) is 6.95. The zero-order valence-corrected chi connectivity index (χ0v) is 15.2. The minimum Gasteiger partial charge on any atom is -0.480 e. The topological polar surface area (TPSA) is 104 Å². The van der Waals surface area contributed by atoms with Crippen LogP contribution in [0.4, 0.5) is 5.69 Å². The summed E-state index contributed by atoms with van der Waals surface area (Å²) in [6.45, 7) is 0.442. The second-order valence-corrected chi connectivity index (χ2v) is 7.85. The van der Waals surface area contributed by atoms with Crippen LogP contribution >= 0.6 is 24.0 Å². The first-order valence-corrected chi connectivity index (χ1v) is 9.22. The lowest BCUT2D eigenvalue weighted by Crippen LogP contribution is -2.40. The summed E-state index contributed by atoms with van der Waals surface area (Å²) >= 11 is 5.97. The lowest BCUT2D eigenvalue weighted by Gasteiger charge is -2.20. The maximum absolute atomic E-state index is 12.1. The van der Waals surface area contributed by atoms with Gasteiger partial charge in [0.1, 0.15) is 6.04 Å². The maximum Gasteiger partial charge on any atom is 0.320 e. The molecule has 1 aliphatic heterocycles. The number of carboxylic acids is 1. The molecule has 2 rings (SSSR count). The summed E-state index contributed by atoms with van der Waals surface area (Å²) in [6.07, 6.45) is 2.28. The van der Waals surface area contributed by atoms with Crippen molar-refractivity contribution in [1.29, 1.82) is 0 Å². The number of rotatable bonds is 5. The Balaban J connectivity index is 0.00000288. The van der Waals surface area contributed by atoms with Gasteiger partial charge >= 0.3 is 5.97 Å². The van der Waals surface area contributed by atoms with E-state index in [0.717, 1.165) is 6.26 Å². The summed E-state index contributed by atoms with van der Waals surface area (Å²) in [5.74, 6) is -1.39. The van der Waals surface area contributed by atoms with Crippen LogP contribution < -0.4 is 5.32 Å². The monoisotopic (exact) mass is 396 g/mol. The molecule has 2 N–H and O–H groups in total. The molecule has 10 heteroatoms.